The molecule has 0 heterocycles. The number of alkyl halides is 2. The molecule has 1 unspecified atom stereocenters. The maximum absolute atomic E-state index is 11.6. The van der Waals surface area contributed by atoms with Crippen LogP contribution in [0.2, 0.25) is 0 Å². The first kappa shape index (κ1) is 6.20. The van der Waals surface area contributed by atoms with Gasteiger partial charge in [0.1, 0.15) is 0 Å². The molecule has 0 bridgehead atoms. The summed E-state index contributed by atoms with van der Waals surface area (Å²) in [6.45, 7) is 0. The van der Waals surface area contributed by atoms with Crippen molar-refractivity contribution >= 4 is 15.9 Å². The molecular formula is C5H5BrF2. The molecule has 46 valence electrons. The molecule has 1 aliphatic rings. The van der Waals surface area contributed by atoms with Crippen LogP contribution in [-0.4, -0.2) is 6.43 Å². The van der Waals surface area contributed by atoms with E-state index in [1.807, 2.05) is 0 Å². The molecule has 0 amide bonds. The predicted molar refractivity (Wildman–Crippen MR) is 31.1 cm³/mol. The van der Waals surface area contributed by atoms with Gasteiger partial charge >= 0.3 is 0 Å². The minimum absolute atomic E-state index is 0.482. The first-order chi connectivity index (χ1) is 3.70. The van der Waals surface area contributed by atoms with Crippen molar-refractivity contribution in [3.05, 3.63) is 10.6 Å². The van der Waals surface area contributed by atoms with Crippen LogP contribution in [0.4, 0.5) is 8.78 Å². The normalized spacial score (nSPS) is 27.5. The molecule has 0 saturated heterocycles. The van der Waals surface area contributed by atoms with E-state index in [1.54, 1.807) is 6.08 Å². The van der Waals surface area contributed by atoms with Crippen LogP contribution >= 0.6 is 15.9 Å². The molecule has 1 atom stereocenters. The second kappa shape index (κ2) is 2.13. The molecule has 0 aromatic rings. The summed E-state index contributed by atoms with van der Waals surface area (Å²) in [4.78, 5) is 0. The smallest absolute Gasteiger partial charge is 0.210 e. The van der Waals surface area contributed by atoms with Crippen LogP contribution in [0.5, 0.6) is 0 Å². The summed E-state index contributed by atoms with van der Waals surface area (Å²) >= 11 is 3.10. The predicted octanol–water partition coefficient (Wildman–Crippen LogP) is 2.55. The van der Waals surface area contributed by atoms with Crippen molar-refractivity contribution < 1.29 is 8.78 Å². The minimum atomic E-state index is -2.17. The Hall–Kier alpha value is 0.0800. The van der Waals surface area contributed by atoms with Gasteiger partial charge in [0, 0.05) is 5.92 Å². The molecule has 0 radical (unpaired) electrons. The maximum Gasteiger partial charge on any atom is 0.245 e. The van der Waals surface area contributed by atoms with E-state index < -0.39 is 12.3 Å². The largest absolute Gasteiger partial charge is 0.245 e. The summed E-state index contributed by atoms with van der Waals surface area (Å²) in [5, 5.41) is 0. The number of allylic oxidation sites excluding steroid dienone is 2. The summed E-state index contributed by atoms with van der Waals surface area (Å²) in [7, 11) is 0. The summed E-state index contributed by atoms with van der Waals surface area (Å²) in [6, 6.07) is 0. The standard InChI is InChI=1S/C5H5BrF2/c6-4-1-3(2-4)5(7)8/h1,3,5H,2H2. The van der Waals surface area contributed by atoms with Crippen molar-refractivity contribution in [2.45, 2.75) is 12.8 Å². The van der Waals surface area contributed by atoms with Crippen LogP contribution < -0.4 is 0 Å². The van der Waals surface area contributed by atoms with Gasteiger partial charge in [0.25, 0.3) is 0 Å². The van der Waals surface area contributed by atoms with Crippen LogP contribution in [0.25, 0.3) is 0 Å². The number of rotatable bonds is 1. The topological polar surface area (TPSA) is 0 Å². The summed E-state index contributed by atoms with van der Waals surface area (Å²) in [5.74, 6) is -0.482. The second-order valence-corrected chi connectivity index (χ2v) is 2.83. The summed E-state index contributed by atoms with van der Waals surface area (Å²) in [5.41, 5.74) is 0. The van der Waals surface area contributed by atoms with Crippen molar-refractivity contribution in [3.63, 3.8) is 0 Å². The van der Waals surface area contributed by atoms with E-state index >= 15 is 0 Å². The number of hydrogen-bond donors (Lipinski definition) is 0. The molecule has 0 aliphatic heterocycles. The van der Waals surface area contributed by atoms with Gasteiger partial charge in [-0.15, -0.1) is 0 Å². The first-order valence-corrected chi connectivity index (χ1v) is 3.14. The molecule has 8 heavy (non-hydrogen) atoms. The van der Waals surface area contributed by atoms with Crippen molar-refractivity contribution in [1.29, 1.82) is 0 Å². The van der Waals surface area contributed by atoms with Gasteiger partial charge in [-0.3, -0.25) is 0 Å². The van der Waals surface area contributed by atoms with Crippen LogP contribution in [0.1, 0.15) is 6.42 Å². The van der Waals surface area contributed by atoms with E-state index in [-0.39, 0.29) is 0 Å². The molecule has 0 saturated carbocycles. The van der Waals surface area contributed by atoms with Crippen molar-refractivity contribution in [2.75, 3.05) is 0 Å². The van der Waals surface area contributed by atoms with E-state index in [1.165, 1.54) is 0 Å². The lowest BCUT2D eigenvalue weighted by Gasteiger charge is -2.19. The van der Waals surface area contributed by atoms with E-state index in [9.17, 15) is 8.78 Å². The highest BCUT2D eigenvalue weighted by molar-refractivity contribution is 9.11. The Labute approximate surface area is 54.7 Å². The summed E-state index contributed by atoms with van der Waals surface area (Å²) < 4.78 is 24.1. The fourth-order valence-electron chi connectivity index (χ4n) is 0.586. The molecule has 0 nitrogen and oxygen atoms in total. The van der Waals surface area contributed by atoms with Crippen LogP contribution in [0.3, 0.4) is 0 Å². The monoisotopic (exact) mass is 182 g/mol. The van der Waals surface area contributed by atoms with E-state index in [4.69, 9.17) is 0 Å². The van der Waals surface area contributed by atoms with Gasteiger partial charge in [0.15, 0.2) is 0 Å². The van der Waals surface area contributed by atoms with Gasteiger partial charge in [-0.2, -0.15) is 0 Å². The lowest BCUT2D eigenvalue weighted by molar-refractivity contribution is 0.0934. The van der Waals surface area contributed by atoms with Gasteiger partial charge in [0.2, 0.25) is 6.43 Å². The fraction of sp³-hybridized carbons (Fsp3) is 0.600. The summed E-state index contributed by atoms with van der Waals surface area (Å²) in [6.07, 6.45) is -0.112. The molecule has 0 aromatic heterocycles. The maximum atomic E-state index is 11.6. The molecular weight excluding hydrogens is 178 g/mol. The average molecular weight is 183 g/mol. The fourth-order valence-corrected chi connectivity index (χ4v) is 1.30. The Bertz CT molecular complexity index is 120. The number of hydrogen-bond acceptors (Lipinski definition) is 0. The Morgan fingerprint density at radius 3 is 2.38 bits per heavy atom. The molecule has 0 aromatic carbocycles. The zero-order valence-corrected chi connectivity index (χ0v) is 5.66. The zero-order chi connectivity index (χ0) is 6.15. The molecule has 3 heteroatoms. The molecule has 0 fully saturated rings. The minimum Gasteiger partial charge on any atom is -0.210 e. The highest BCUT2D eigenvalue weighted by Crippen LogP contribution is 2.34. The van der Waals surface area contributed by atoms with Gasteiger partial charge in [-0.25, -0.2) is 8.78 Å². The van der Waals surface area contributed by atoms with Crippen molar-refractivity contribution in [1.82, 2.24) is 0 Å². The zero-order valence-electron chi connectivity index (χ0n) is 4.07. The van der Waals surface area contributed by atoms with Crippen LogP contribution in [0.15, 0.2) is 10.6 Å². The van der Waals surface area contributed by atoms with Crippen molar-refractivity contribution in [2.24, 2.45) is 5.92 Å². The third-order valence-corrected chi connectivity index (χ3v) is 1.74. The Kier molecular flexibility index (Phi) is 1.65. The van der Waals surface area contributed by atoms with E-state index in [2.05, 4.69) is 15.9 Å². The average Bonchev–Trinajstić information content (AvgIpc) is 1.57. The van der Waals surface area contributed by atoms with E-state index in [0.717, 1.165) is 4.48 Å². The van der Waals surface area contributed by atoms with Gasteiger partial charge in [-0.1, -0.05) is 22.0 Å². The lowest BCUT2D eigenvalue weighted by Crippen LogP contribution is -2.15. The quantitative estimate of drug-likeness (QED) is 0.585. The molecule has 0 N–H and O–H groups in total. The highest BCUT2D eigenvalue weighted by atomic mass is 79.9. The first-order valence-electron chi connectivity index (χ1n) is 2.34. The van der Waals surface area contributed by atoms with Crippen molar-refractivity contribution in [3.8, 4) is 0 Å². The van der Waals surface area contributed by atoms with Crippen LogP contribution in [-0.2, 0) is 0 Å². The van der Waals surface area contributed by atoms with Gasteiger partial charge in [-0.05, 0) is 10.9 Å². The Morgan fingerprint density at radius 1 is 1.75 bits per heavy atom. The third kappa shape index (κ3) is 1.08. The Morgan fingerprint density at radius 2 is 2.25 bits per heavy atom. The number of halogens is 3. The highest BCUT2D eigenvalue weighted by Gasteiger charge is 2.25. The Balaban J connectivity index is 2.36. The van der Waals surface area contributed by atoms with Gasteiger partial charge < -0.3 is 0 Å². The van der Waals surface area contributed by atoms with Gasteiger partial charge in [0.05, 0.1) is 0 Å². The second-order valence-electron chi connectivity index (χ2n) is 1.82. The molecule has 0 spiro atoms. The SMILES string of the molecule is FC(F)C1C=C(Br)C1. The third-order valence-electron chi connectivity index (χ3n) is 1.15. The molecule has 1 aliphatic carbocycles. The van der Waals surface area contributed by atoms with E-state index in [0.29, 0.717) is 6.42 Å². The lowest BCUT2D eigenvalue weighted by atomic mass is 9.96. The van der Waals surface area contributed by atoms with Crippen LogP contribution in [0, 0.1) is 5.92 Å². The molecule has 1 rings (SSSR count).